The summed E-state index contributed by atoms with van der Waals surface area (Å²) < 4.78 is 23.6. The molecule has 2 rings (SSSR count). The van der Waals surface area contributed by atoms with Gasteiger partial charge in [0.2, 0.25) is 0 Å². The lowest BCUT2D eigenvalue weighted by atomic mass is 10.3. The summed E-state index contributed by atoms with van der Waals surface area (Å²) in [5.74, 6) is -0.170. The van der Waals surface area contributed by atoms with E-state index in [4.69, 9.17) is 14.3 Å². The fourth-order valence-electron chi connectivity index (χ4n) is 1.10. The highest BCUT2D eigenvalue weighted by molar-refractivity contribution is 9.10. The molecular formula is C10H7BrFNO3. The van der Waals surface area contributed by atoms with Gasteiger partial charge in [0, 0.05) is 10.5 Å². The van der Waals surface area contributed by atoms with E-state index in [0.717, 1.165) is 0 Å². The molecule has 1 aromatic carbocycles. The summed E-state index contributed by atoms with van der Waals surface area (Å²) >= 11 is 3.13. The van der Waals surface area contributed by atoms with Crippen LogP contribution < -0.4 is 4.74 Å². The fraction of sp³-hybridized carbons (Fsp3) is 0.100. The molecule has 0 aliphatic carbocycles. The number of nitrogens with zero attached hydrogens (tertiary/aromatic N) is 1. The molecule has 0 aliphatic rings. The molecule has 1 aromatic heterocycles. The molecule has 0 saturated carbocycles. The molecule has 1 heterocycles. The van der Waals surface area contributed by atoms with E-state index in [2.05, 4.69) is 20.9 Å². The van der Waals surface area contributed by atoms with Crippen LogP contribution in [-0.4, -0.2) is 10.1 Å². The fourth-order valence-corrected chi connectivity index (χ4v) is 1.54. The van der Waals surface area contributed by atoms with Crippen LogP contribution in [0.5, 0.6) is 11.8 Å². The second-order valence-corrected chi connectivity index (χ2v) is 3.89. The third kappa shape index (κ3) is 2.59. The molecule has 1 N–H and O–H groups in total. The van der Waals surface area contributed by atoms with Crippen molar-refractivity contribution >= 4 is 15.9 Å². The van der Waals surface area contributed by atoms with Gasteiger partial charge in [0.25, 0.3) is 0 Å². The Morgan fingerprint density at radius 3 is 2.88 bits per heavy atom. The lowest BCUT2D eigenvalue weighted by Gasteiger charge is -2.01. The van der Waals surface area contributed by atoms with Gasteiger partial charge in [0.05, 0.1) is 6.61 Å². The third-order valence-electron chi connectivity index (χ3n) is 1.73. The zero-order chi connectivity index (χ0) is 11.5. The molecule has 0 radical (unpaired) electrons. The van der Waals surface area contributed by atoms with E-state index in [9.17, 15) is 4.39 Å². The van der Waals surface area contributed by atoms with Crippen LogP contribution >= 0.6 is 15.9 Å². The number of ether oxygens (including phenoxy) is 1. The van der Waals surface area contributed by atoms with Gasteiger partial charge in [-0.3, -0.25) is 0 Å². The maximum absolute atomic E-state index is 13.0. The van der Waals surface area contributed by atoms with E-state index in [-0.39, 0.29) is 18.4 Å². The molecule has 0 amide bonds. The van der Waals surface area contributed by atoms with Crippen molar-refractivity contribution < 1.29 is 18.7 Å². The first-order valence-corrected chi connectivity index (χ1v) is 5.16. The van der Waals surface area contributed by atoms with Crippen molar-refractivity contribution in [2.24, 2.45) is 0 Å². The van der Waals surface area contributed by atoms with Crippen LogP contribution in [0, 0.1) is 5.82 Å². The quantitative estimate of drug-likeness (QED) is 0.943. The highest BCUT2D eigenvalue weighted by Crippen LogP contribution is 2.25. The highest BCUT2D eigenvalue weighted by atomic mass is 79.9. The van der Waals surface area contributed by atoms with E-state index in [1.54, 1.807) is 6.07 Å². The molecule has 0 fully saturated rings. The second kappa shape index (κ2) is 4.63. The summed E-state index contributed by atoms with van der Waals surface area (Å²) in [6.07, 6.45) is 1.23. The molecule has 6 heteroatoms. The minimum absolute atomic E-state index is 0.0402. The number of halogens is 2. The van der Waals surface area contributed by atoms with Crippen molar-refractivity contribution in [3.05, 3.63) is 40.4 Å². The summed E-state index contributed by atoms with van der Waals surface area (Å²) in [7, 11) is 0. The molecule has 16 heavy (non-hydrogen) atoms. The molecule has 0 unspecified atom stereocenters. The molecular weight excluding hydrogens is 281 g/mol. The first-order valence-electron chi connectivity index (χ1n) is 4.36. The van der Waals surface area contributed by atoms with E-state index in [0.29, 0.717) is 10.2 Å². The summed E-state index contributed by atoms with van der Waals surface area (Å²) in [4.78, 5) is 3.81. The topological polar surface area (TPSA) is 55.5 Å². The Morgan fingerprint density at radius 2 is 2.25 bits per heavy atom. The molecule has 0 saturated heterocycles. The van der Waals surface area contributed by atoms with E-state index in [1.807, 2.05) is 0 Å². The van der Waals surface area contributed by atoms with Crippen LogP contribution in [0.15, 0.2) is 33.4 Å². The average Bonchev–Trinajstić information content (AvgIpc) is 2.64. The van der Waals surface area contributed by atoms with Crippen LogP contribution in [0.4, 0.5) is 4.39 Å². The smallest absolute Gasteiger partial charge is 0.399 e. The Morgan fingerprint density at radius 1 is 1.44 bits per heavy atom. The number of benzene rings is 1. The Balaban J connectivity index is 2.19. The predicted octanol–water partition coefficient (Wildman–Crippen LogP) is 2.86. The number of aliphatic hydroxyl groups excluding tert-OH is 1. The molecule has 0 spiro atoms. The summed E-state index contributed by atoms with van der Waals surface area (Å²) in [5.41, 5.74) is 0.352. The van der Waals surface area contributed by atoms with Gasteiger partial charge in [-0.15, -0.1) is 0 Å². The first-order chi connectivity index (χ1) is 7.67. The van der Waals surface area contributed by atoms with Crippen LogP contribution in [0.3, 0.4) is 0 Å². The van der Waals surface area contributed by atoms with Crippen LogP contribution in [-0.2, 0) is 6.61 Å². The van der Waals surface area contributed by atoms with Gasteiger partial charge in [-0.2, -0.15) is 4.98 Å². The van der Waals surface area contributed by atoms with Gasteiger partial charge in [-0.1, -0.05) is 15.9 Å². The minimum Gasteiger partial charge on any atom is -0.417 e. The Hall–Kier alpha value is -1.40. The van der Waals surface area contributed by atoms with Crippen LogP contribution in [0.25, 0.3) is 0 Å². The van der Waals surface area contributed by atoms with Crippen molar-refractivity contribution in [1.29, 1.82) is 0 Å². The average molecular weight is 288 g/mol. The zero-order valence-corrected chi connectivity index (χ0v) is 9.57. The Labute approximate surface area is 98.8 Å². The molecule has 0 bridgehead atoms. The standard InChI is InChI=1S/C10H7BrFNO3/c11-6-1-7(12)3-9(2-6)16-10-13-8(4-14)5-15-10/h1-3,5,14H,4H2. The number of aliphatic hydroxyl groups is 1. The van der Waals surface area contributed by atoms with Gasteiger partial charge in [-0.25, -0.2) is 4.39 Å². The van der Waals surface area contributed by atoms with Crippen molar-refractivity contribution in [3.8, 4) is 11.8 Å². The van der Waals surface area contributed by atoms with Gasteiger partial charge >= 0.3 is 6.08 Å². The van der Waals surface area contributed by atoms with E-state index in [1.165, 1.54) is 18.4 Å². The maximum atomic E-state index is 13.0. The Bertz CT molecular complexity index is 480. The maximum Gasteiger partial charge on any atom is 0.399 e. The number of hydrogen-bond acceptors (Lipinski definition) is 4. The highest BCUT2D eigenvalue weighted by Gasteiger charge is 2.07. The van der Waals surface area contributed by atoms with Crippen LogP contribution in [0.1, 0.15) is 5.69 Å². The summed E-state index contributed by atoms with van der Waals surface area (Å²) in [6, 6.07) is 4.08. The second-order valence-electron chi connectivity index (χ2n) is 2.97. The molecule has 4 nitrogen and oxygen atoms in total. The monoisotopic (exact) mass is 287 g/mol. The molecule has 84 valence electrons. The summed E-state index contributed by atoms with van der Waals surface area (Å²) in [5, 5.41) is 8.76. The predicted molar refractivity (Wildman–Crippen MR) is 56.6 cm³/mol. The molecule has 2 aromatic rings. The van der Waals surface area contributed by atoms with Gasteiger partial charge in [0.1, 0.15) is 23.5 Å². The number of oxazole rings is 1. The van der Waals surface area contributed by atoms with Crippen molar-refractivity contribution in [3.63, 3.8) is 0 Å². The molecule has 0 atom stereocenters. The van der Waals surface area contributed by atoms with E-state index >= 15 is 0 Å². The molecule has 0 aliphatic heterocycles. The largest absolute Gasteiger partial charge is 0.417 e. The Kier molecular flexibility index (Phi) is 3.21. The van der Waals surface area contributed by atoms with Gasteiger partial charge in [-0.05, 0) is 12.1 Å². The number of hydrogen-bond donors (Lipinski definition) is 1. The SMILES string of the molecule is OCc1coc(Oc2cc(F)cc(Br)c2)n1. The normalized spacial score (nSPS) is 10.4. The van der Waals surface area contributed by atoms with Crippen LogP contribution in [0.2, 0.25) is 0 Å². The first kappa shape index (κ1) is 11.1. The lowest BCUT2D eigenvalue weighted by Crippen LogP contribution is -1.87. The lowest BCUT2D eigenvalue weighted by molar-refractivity contribution is 0.276. The van der Waals surface area contributed by atoms with Crippen molar-refractivity contribution in [2.75, 3.05) is 0 Å². The zero-order valence-electron chi connectivity index (χ0n) is 7.98. The van der Waals surface area contributed by atoms with Crippen molar-refractivity contribution in [1.82, 2.24) is 4.98 Å². The summed E-state index contributed by atoms with van der Waals surface area (Å²) in [6.45, 7) is -0.236. The van der Waals surface area contributed by atoms with Gasteiger partial charge < -0.3 is 14.3 Å². The van der Waals surface area contributed by atoms with E-state index < -0.39 is 5.82 Å². The number of aromatic nitrogens is 1. The van der Waals surface area contributed by atoms with Crippen molar-refractivity contribution in [2.45, 2.75) is 6.61 Å². The minimum atomic E-state index is -0.432. The van der Waals surface area contributed by atoms with Gasteiger partial charge in [0.15, 0.2) is 0 Å². The third-order valence-corrected chi connectivity index (χ3v) is 2.19. The number of rotatable bonds is 3.